The van der Waals surface area contributed by atoms with Gasteiger partial charge in [-0.15, -0.1) is 0 Å². The lowest BCUT2D eigenvalue weighted by Crippen LogP contribution is -2.25. The van der Waals surface area contributed by atoms with Gasteiger partial charge in [-0.3, -0.25) is 0 Å². The Bertz CT molecular complexity index is 624. The van der Waals surface area contributed by atoms with Crippen molar-refractivity contribution in [1.29, 1.82) is 0 Å². The molecule has 2 atom stereocenters. The Hall–Kier alpha value is -0.640. The van der Waals surface area contributed by atoms with E-state index in [2.05, 4.69) is 79.6 Å². The maximum absolute atomic E-state index is 3.68. The van der Waals surface area contributed by atoms with E-state index < -0.39 is 0 Å². The highest BCUT2D eigenvalue weighted by Gasteiger charge is 2.28. The summed E-state index contributed by atoms with van der Waals surface area (Å²) in [5.41, 5.74) is 4.38. The van der Waals surface area contributed by atoms with Crippen LogP contribution in [0.25, 0.3) is 0 Å². The predicted octanol–water partition coefficient (Wildman–Crippen LogP) is 5.20. The van der Waals surface area contributed by atoms with Crippen LogP contribution in [0.15, 0.2) is 51.4 Å². The van der Waals surface area contributed by atoms with E-state index in [1.54, 1.807) is 0 Å². The number of rotatable bonds is 4. The van der Waals surface area contributed by atoms with Gasteiger partial charge in [-0.1, -0.05) is 62.2 Å². The zero-order valence-electron chi connectivity index (χ0n) is 11.4. The van der Waals surface area contributed by atoms with E-state index in [1.165, 1.54) is 27.6 Å². The van der Waals surface area contributed by atoms with Gasteiger partial charge < -0.3 is 5.32 Å². The maximum Gasteiger partial charge on any atom is 0.0334 e. The lowest BCUT2D eigenvalue weighted by atomic mass is 9.74. The molecule has 2 aromatic rings. The van der Waals surface area contributed by atoms with Gasteiger partial charge in [0.1, 0.15) is 0 Å². The topological polar surface area (TPSA) is 12.0 Å². The van der Waals surface area contributed by atoms with E-state index in [4.69, 9.17) is 0 Å². The predicted molar refractivity (Wildman–Crippen MR) is 91.1 cm³/mol. The van der Waals surface area contributed by atoms with Gasteiger partial charge in [0.2, 0.25) is 0 Å². The molecule has 1 nitrogen and oxygen atoms in total. The van der Waals surface area contributed by atoms with E-state index in [9.17, 15) is 0 Å². The summed E-state index contributed by atoms with van der Waals surface area (Å²) in [7, 11) is 2.05. The van der Waals surface area contributed by atoms with Crippen molar-refractivity contribution in [1.82, 2.24) is 5.32 Å². The van der Waals surface area contributed by atoms with Crippen molar-refractivity contribution in [2.75, 3.05) is 7.05 Å². The molecule has 0 bridgehead atoms. The molecule has 0 aromatic heterocycles. The van der Waals surface area contributed by atoms with Crippen molar-refractivity contribution >= 4 is 31.9 Å². The Morgan fingerprint density at radius 2 is 2.00 bits per heavy atom. The summed E-state index contributed by atoms with van der Waals surface area (Å²) in [5.74, 6) is 0.680. The molecule has 0 spiro atoms. The second kappa shape index (κ2) is 6.00. The molecule has 3 heteroatoms. The first-order chi connectivity index (χ1) is 9.69. The summed E-state index contributed by atoms with van der Waals surface area (Å²) in [6, 6.07) is 15.6. The van der Waals surface area contributed by atoms with Gasteiger partial charge >= 0.3 is 0 Å². The average molecular weight is 395 g/mol. The second-order valence-corrected chi connectivity index (χ2v) is 7.11. The first-order valence-corrected chi connectivity index (χ1v) is 8.47. The molecule has 20 heavy (non-hydrogen) atoms. The second-order valence-electron chi connectivity index (χ2n) is 5.34. The van der Waals surface area contributed by atoms with Crippen LogP contribution in [0, 0.1) is 0 Å². The summed E-state index contributed by atoms with van der Waals surface area (Å²) in [4.78, 5) is 0. The molecule has 1 aliphatic rings. The van der Waals surface area contributed by atoms with E-state index in [0.717, 1.165) is 10.9 Å². The minimum atomic E-state index is 0.385. The molecule has 0 radical (unpaired) electrons. The third-order valence-corrected chi connectivity index (χ3v) is 5.35. The van der Waals surface area contributed by atoms with Crippen molar-refractivity contribution in [2.45, 2.75) is 24.8 Å². The van der Waals surface area contributed by atoms with Gasteiger partial charge in [-0.25, -0.2) is 0 Å². The molecule has 3 rings (SSSR count). The number of benzene rings is 2. The van der Waals surface area contributed by atoms with Crippen molar-refractivity contribution in [3.05, 3.63) is 68.1 Å². The minimum Gasteiger partial charge on any atom is -0.313 e. The average Bonchev–Trinajstić information content (AvgIpc) is 2.41. The van der Waals surface area contributed by atoms with Crippen LogP contribution in [0.5, 0.6) is 0 Å². The van der Waals surface area contributed by atoms with Gasteiger partial charge in [-0.05, 0) is 54.6 Å². The lowest BCUT2D eigenvalue weighted by molar-refractivity contribution is 0.451. The molecule has 0 saturated heterocycles. The van der Waals surface area contributed by atoms with Crippen LogP contribution < -0.4 is 5.32 Å². The quantitative estimate of drug-likeness (QED) is 0.751. The van der Waals surface area contributed by atoms with Crippen molar-refractivity contribution in [3.8, 4) is 0 Å². The van der Waals surface area contributed by atoms with Crippen molar-refractivity contribution in [2.24, 2.45) is 0 Å². The molecule has 104 valence electrons. The summed E-state index contributed by atoms with van der Waals surface area (Å²) in [6.07, 6.45) is 2.36. The Labute approximate surface area is 137 Å². The number of nitrogens with one attached hydrogen (secondary N) is 1. The zero-order valence-corrected chi connectivity index (χ0v) is 14.5. The number of halogens is 2. The van der Waals surface area contributed by atoms with Gasteiger partial charge in [0.05, 0.1) is 0 Å². The molecule has 2 unspecified atom stereocenters. The fourth-order valence-electron chi connectivity index (χ4n) is 3.04. The van der Waals surface area contributed by atoms with Crippen molar-refractivity contribution in [3.63, 3.8) is 0 Å². The molecule has 0 saturated carbocycles. The van der Waals surface area contributed by atoms with Gasteiger partial charge in [0.25, 0.3) is 0 Å². The first kappa shape index (κ1) is 14.3. The van der Waals surface area contributed by atoms with Crippen LogP contribution in [0.3, 0.4) is 0 Å². The highest BCUT2D eigenvalue weighted by atomic mass is 79.9. The van der Waals surface area contributed by atoms with Crippen LogP contribution >= 0.6 is 31.9 Å². The molecular weight excluding hydrogens is 378 g/mol. The molecule has 1 aliphatic carbocycles. The van der Waals surface area contributed by atoms with Crippen LogP contribution in [0.1, 0.15) is 35.1 Å². The van der Waals surface area contributed by atoms with Gasteiger partial charge in [0, 0.05) is 15.0 Å². The molecule has 0 amide bonds. The molecule has 0 aliphatic heterocycles. The zero-order chi connectivity index (χ0) is 14.1. The van der Waals surface area contributed by atoms with E-state index in [-0.39, 0.29) is 0 Å². The lowest BCUT2D eigenvalue weighted by Gasteiger charge is -2.33. The van der Waals surface area contributed by atoms with E-state index in [1.807, 2.05) is 7.05 Å². The number of fused-ring (bicyclic) bond motifs is 1. The third kappa shape index (κ3) is 2.72. The maximum atomic E-state index is 3.68. The minimum absolute atomic E-state index is 0.385. The molecule has 0 fully saturated rings. The van der Waals surface area contributed by atoms with Crippen LogP contribution in [0.4, 0.5) is 0 Å². The number of hydrogen-bond acceptors (Lipinski definition) is 1. The molecule has 1 N–H and O–H groups in total. The SMILES string of the molecule is CNC(CC1Cc2ccccc21)c1ccc(Br)cc1Br. The molecular formula is C17H17Br2N. The summed E-state index contributed by atoms with van der Waals surface area (Å²) in [6.45, 7) is 0. The first-order valence-electron chi connectivity index (χ1n) is 6.89. The fraction of sp³-hybridized carbons (Fsp3) is 0.294. The molecule has 2 aromatic carbocycles. The Morgan fingerprint density at radius 3 is 2.70 bits per heavy atom. The van der Waals surface area contributed by atoms with E-state index >= 15 is 0 Å². The van der Waals surface area contributed by atoms with Gasteiger partial charge in [0.15, 0.2) is 0 Å². The van der Waals surface area contributed by atoms with E-state index in [0.29, 0.717) is 12.0 Å². The highest BCUT2D eigenvalue weighted by molar-refractivity contribution is 9.11. The largest absolute Gasteiger partial charge is 0.313 e. The van der Waals surface area contributed by atoms with Crippen LogP contribution in [-0.4, -0.2) is 7.05 Å². The standard InChI is InChI=1S/C17H17Br2N/c1-20-17(15-7-6-13(18)10-16(15)19)9-12-8-11-4-2-3-5-14(11)12/h2-7,10,12,17,20H,8-9H2,1H3. The van der Waals surface area contributed by atoms with Gasteiger partial charge in [-0.2, -0.15) is 0 Å². The highest BCUT2D eigenvalue weighted by Crippen LogP contribution is 2.41. The monoisotopic (exact) mass is 393 g/mol. The van der Waals surface area contributed by atoms with Crippen LogP contribution in [0.2, 0.25) is 0 Å². The number of hydrogen-bond donors (Lipinski definition) is 1. The molecule has 0 heterocycles. The third-order valence-electron chi connectivity index (χ3n) is 4.17. The van der Waals surface area contributed by atoms with Crippen molar-refractivity contribution < 1.29 is 0 Å². The van der Waals surface area contributed by atoms with Crippen LogP contribution in [-0.2, 0) is 6.42 Å². The normalized spacial score (nSPS) is 18.2. The Morgan fingerprint density at radius 1 is 1.20 bits per heavy atom. The Balaban J connectivity index is 1.79. The Kier molecular flexibility index (Phi) is 4.29. The summed E-state index contributed by atoms with van der Waals surface area (Å²) in [5, 5.41) is 3.46. The fourth-order valence-corrected chi connectivity index (χ4v) is 4.37. The summed E-state index contributed by atoms with van der Waals surface area (Å²) < 4.78 is 2.27. The summed E-state index contributed by atoms with van der Waals surface area (Å²) >= 11 is 7.19. The smallest absolute Gasteiger partial charge is 0.0334 e.